The number of thiophene rings is 1. The lowest BCUT2D eigenvalue weighted by Gasteiger charge is -2.01. The van der Waals surface area contributed by atoms with Crippen LogP contribution in [0, 0.1) is 11.6 Å². The van der Waals surface area contributed by atoms with Crippen molar-refractivity contribution in [2.24, 2.45) is 0 Å². The zero-order valence-electron chi connectivity index (χ0n) is 9.19. The van der Waals surface area contributed by atoms with Gasteiger partial charge in [-0.1, -0.05) is 6.07 Å². The quantitative estimate of drug-likeness (QED) is 0.672. The summed E-state index contributed by atoms with van der Waals surface area (Å²) in [4.78, 5) is 12.2. The van der Waals surface area contributed by atoms with Crippen molar-refractivity contribution in [1.82, 2.24) is 0 Å². The molecule has 1 N–H and O–H groups in total. The van der Waals surface area contributed by atoms with Crippen LogP contribution in [-0.4, -0.2) is 5.78 Å². The molecule has 0 radical (unpaired) electrons. The fourth-order valence-electron chi connectivity index (χ4n) is 1.31. The van der Waals surface area contributed by atoms with Gasteiger partial charge in [-0.3, -0.25) is 4.79 Å². The lowest BCUT2D eigenvalue weighted by Crippen LogP contribution is -1.95. The molecule has 5 heteroatoms. The van der Waals surface area contributed by atoms with Gasteiger partial charge in [0.2, 0.25) is 0 Å². The molecule has 1 heterocycles. The zero-order chi connectivity index (χ0) is 13.0. The van der Waals surface area contributed by atoms with Crippen molar-refractivity contribution in [3.05, 3.63) is 64.5 Å². The summed E-state index contributed by atoms with van der Waals surface area (Å²) in [7, 11) is 0. The summed E-state index contributed by atoms with van der Waals surface area (Å²) < 4.78 is 25.9. The van der Waals surface area contributed by atoms with Crippen molar-refractivity contribution in [3.63, 3.8) is 0 Å². The van der Waals surface area contributed by atoms with Gasteiger partial charge < -0.3 is 5.32 Å². The topological polar surface area (TPSA) is 29.1 Å². The van der Waals surface area contributed by atoms with E-state index in [0.29, 0.717) is 4.88 Å². The predicted octanol–water partition coefficient (Wildman–Crippen LogP) is 3.83. The first kappa shape index (κ1) is 12.4. The van der Waals surface area contributed by atoms with Crippen LogP contribution in [-0.2, 0) is 0 Å². The van der Waals surface area contributed by atoms with Crippen molar-refractivity contribution < 1.29 is 13.6 Å². The molecule has 0 unspecified atom stereocenters. The van der Waals surface area contributed by atoms with Crippen LogP contribution < -0.4 is 5.32 Å². The highest BCUT2D eigenvalue weighted by Gasteiger charge is 2.03. The van der Waals surface area contributed by atoms with Gasteiger partial charge in [0.25, 0.3) is 0 Å². The zero-order valence-corrected chi connectivity index (χ0v) is 10.0. The van der Waals surface area contributed by atoms with Gasteiger partial charge in [-0.25, -0.2) is 8.78 Å². The Labute approximate surface area is 107 Å². The standard InChI is InChI=1S/C13H9F2NOS/c14-9-3-4-11(10(15)8-9)16-6-5-12(17)13-2-1-7-18-13/h1-8,16H/b6-5+. The highest BCUT2D eigenvalue weighted by molar-refractivity contribution is 7.12. The summed E-state index contributed by atoms with van der Waals surface area (Å²) in [6.07, 6.45) is 2.63. The van der Waals surface area contributed by atoms with E-state index < -0.39 is 11.6 Å². The normalized spacial score (nSPS) is 10.8. The van der Waals surface area contributed by atoms with Crippen LogP contribution >= 0.6 is 11.3 Å². The summed E-state index contributed by atoms with van der Waals surface area (Å²) in [6.45, 7) is 0. The monoisotopic (exact) mass is 265 g/mol. The molecule has 18 heavy (non-hydrogen) atoms. The average Bonchev–Trinajstić information content (AvgIpc) is 2.85. The molecule has 2 nitrogen and oxygen atoms in total. The number of allylic oxidation sites excluding steroid dienone is 1. The van der Waals surface area contributed by atoms with Crippen molar-refractivity contribution in [3.8, 4) is 0 Å². The smallest absolute Gasteiger partial charge is 0.197 e. The van der Waals surface area contributed by atoms with E-state index in [0.717, 1.165) is 12.1 Å². The van der Waals surface area contributed by atoms with Crippen LogP contribution in [0.4, 0.5) is 14.5 Å². The Bertz CT molecular complexity index is 579. The molecule has 2 aromatic rings. The van der Waals surface area contributed by atoms with E-state index in [9.17, 15) is 13.6 Å². The van der Waals surface area contributed by atoms with E-state index in [-0.39, 0.29) is 11.5 Å². The Hall–Kier alpha value is -2.01. The van der Waals surface area contributed by atoms with Crippen molar-refractivity contribution in [1.29, 1.82) is 0 Å². The van der Waals surface area contributed by atoms with Crippen LogP contribution in [0.5, 0.6) is 0 Å². The molecule has 2 rings (SSSR count). The number of anilines is 1. The number of benzene rings is 1. The maximum absolute atomic E-state index is 13.2. The Kier molecular flexibility index (Phi) is 3.84. The number of hydrogen-bond acceptors (Lipinski definition) is 3. The van der Waals surface area contributed by atoms with Gasteiger partial charge in [0, 0.05) is 18.3 Å². The van der Waals surface area contributed by atoms with Crippen molar-refractivity contribution in [2.45, 2.75) is 0 Å². The SMILES string of the molecule is O=C(/C=C/Nc1ccc(F)cc1F)c1cccs1. The molecular weight excluding hydrogens is 256 g/mol. The Morgan fingerprint density at radius 3 is 2.78 bits per heavy atom. The summed E-state index contributed by atoms with van der Waals surface area (Å²) in [5.41, 5.74) is 0.117. The van der Waals surface area contributed by atoms with E-state index in [1.807, 2.05) is 0 Å². The number of halogens is 2. The van der Waals surface area contributed by atoms with Gasteiger partial charge in [0.15, 0.2) is 5.78 Å². The second-order valence-electron chi connectivity index (χ2n) is 3.44. The highest BCUT2D eigenvalue weighted by atomic mass is 32.1. The molecule has 0 saturated carbocycles. The molecule has 92 valence electrons. The second kappa shape index (κ2) is 5.55. The minimum absolute atomic E-state index is 0.117. The van der Waals surface area contributed by atoms with Crippen LogP contribution in [0.1, 0.15) is 9.67 Å². The summed E-state index contributed by atoms with van der Waals surface area (Å²) in [6, 6.07) is 6.66. The Morgan fingerprint density at radius 1 is 1.28 bits per heavy atom. The van der Waals surface area contributed by atoms with Gasteiger partial charge >= 0.3 is 0 Å². The minimum Gasteiger partial charge on any atom is -0.359 e. The fraction of sp³-hybridized carbons (Fsp3) is 0. The lowest BCUT2D eigenvalue weighted by molar-refractivity contribution is 0.105. The Morgan fingerprint density at radius 2 is 2.11 bits per heavy atom. The average molecular weight is 265 g/mol. The van der Waals surface area contributed by atoms with Gasteiger partial charge in [-0.05, 0) is 23.6 Å². The first-order chi connectivity index (χ1) is 8.66. The van der Waals surface area contributed by atoms with Gasteiger partial charge in [0.05, 0.1) is 10.6 Å². The molecular formula is C13H9F2NOS. The lowest BCUT2D eigenvalue weighted by atomic mass is 10.3. The second-order valence-corrected chi connectivity index (χ2v) is 4.39. The predicted molar refractivity (Wildman–Crippen MR) is 67.8 cm³/mol. The van der Waals surface area contributed by atoms with Gasteiger partial charge in [-0.2, -0.15) is 0 Å². The number of rotatable bonds is 4. The van der Waals surface area contributed by atoms with E-state index in [2.05, 4.69) is 5.32 Å². The molecule has 0 bridgehead atoms. The molecule has 1 aromatic carbocycles. The van der Waals surface area contributed by atoms with E-state index in [4.69, 9.17) is 0 Å². The van der Waals surface area contributed by atoms with Crippen LogP contribution in [0.25, 0.3) is 0 Å². The van der Waals surface area contributed by atoms with Crippen LogP contribution in [0.2, 0.25) is 0 Å². The third kappa shape index (κ3) is 3.01. The number of ketones is 1. The van der Waals surface area contributed by atoms with E-state index in [1.54, 1.807) is 17.5 Å². The van der Waals surface area contributed by atoms with Crippen LogP contribution in [0.15, 0.2) is 48.0 Å². The van der Waals surface area contributed by atoms with Crippen molar-refractivity contribution >= 4 is 22.8 Å². The molecule has 0 spiro atoms. The number of carbonyl (C=O) groups excluding carboxylic acids is 1. The molecule has 0 aliphatic rings. The van der Waals surface area contributed by atoms with E-state index >= 15 is 0 Å². The first-order valence-electron chi connectivity index (χ1n) is 5.13. The van der Waals surface area contributed by atoms with Gasteiger partial charge in [-0.15, -0.1) is 11.3 Å². The summed E-state index contributed by atoms with van der Waals surface area (Å²) in [5, 5.41) is 4.39. The Balaban J connectivity index is 2.01. The fourth-order valence-corrected chi connectivity index (χ4v) is 1.96. The highest BCUT2D eigenvalue weighted by Crippen LogP contribution is 2.15. The number of nitrogens with one attached hydrogen (secondary N) is 1. The molecule has 0 aliphatic carbocycles. The molecule has 0 amide bonds. The summed E-state index contributed by atoms with van der Waals surface area (Å²) in [5.74, 6) is -1.51. The number of hydrogen-bond donors (Lipinski definition) is 1. The largest absolute Gasteiger partial charge is 0.359 e. The molecule has 0 atom stereocenters. The summed E-state index contributed by atoms with van der Waals surface area (Å²) >= 11 is 1.33. The van der Waals surface area contributed by atoms with Crippen LogP contribution in [0.3, 0.4) is 0 Å². The molecule has 0 fully saturated rings. The van der Waals surface area contributed by atoms with Gasteiger partial charge in [0.1, 0.15) is 11.6 Å². The minimum atomic E-state index is -0.705. The molecule has 0 aliphatic heterocycles. The third-order valence-electron chi connectivity index (χ3n) is 2.17. The van der Waals surface area contributed by atoms with Crippen molar-refractivity contribution in [2.75, 3.05) is 5.32 Å². The maximum Gasteiger partial charge on any atom is 0.197 e. The third-order valence-corrected chi connectivity index (χ3v) is 3.05. The first-order valence-corrected chi connectivity index (χ1v) is 6.01. The maximum atomic E-state index is 13.2. The van der Waals surface area contributed by atoms with E-state index in [1.165, 1.54) is 29.7 Å². The molecule has 0 saturated heterocycles. The molecule has 1 aromatic heterocycles. The number of carbonyl (C=O) groups is 1.